The van der Waals surface area contributed by atoms with Gasteiger partial charge in [0.15, 0.2) is 5.16 Å². The van der Waals surface area contributed by atoms with Crippen molar-refractivity contribution in [2.24, 2.45) is 0 Å². The molecule has 2 aromatic rings. The standard InChI is InChI=1S/C17H16F6N4O4S/c18-16(19,20)12(28)30-15(31-13(29)17(21,22)23)9-24-5-6-27(15)7-8-32-14-25-10-3-1-2-4-11(10)26-14/h1-4,24H,5-9H2,(H,25,26). The first-order chi connectivity index (χ1) is 14.9. The van der Waals surface area contributed by atoms with E-state index < -0.39 is 36.7 Å². The first-order valence-corrected chi connectivity index (χ1v) is 10.0. The zero-order valence-electron chi connectivity index (χ0n) is 16.0. The summed E-state index contributed by atoms with van der Waals surface area (Å²) < 4.78 is 85.1. The van der Waals surface area contributed by atoms with Crippen molar-refractivity contribution in [3.63, 3.8) is 0 Å². The predicted molar refractivity (Wildman–Crippen MR) is 98.3 cm³/mol. The van der Waals surface area contributed by atoms with Gasteiger partial charge in [-0.1, -0.05) is 23.9 Å². The summed E-state index contributed by atoms with van der Waals surface area (Å²) in [7, 11) is 0. The second-order valence-corrected chi connectivity index (χ2v) is 7.64. The number of halogens is 6. The smallest absolute Gasteiger partial charge is 0.400 e. The number of H-pyrrole nitrogens is 1. The highest BCUT2D eigenvalue weighted by Crippen LogP contribution is 2.30. The third-order valence-corrected chi connectivity index (χ3v) is 5.18. The van der Waals surface area contributed by atoms with Gasteiger partial charge in [0.1, 0.15) is 0 Å². The first kappa shape index (κ1) is 24.1. The molecule has 176 valence electrons. The van der Waals surface area contributed by atoms with Gasteiger partial charge in [0.2, 0.25) is 0 Å². The molecule has 2 heterocycles. The number of aromatic nitrogens is 2. The van der Waals surface area contributed by atoms with Crippen LogP contribution in [0.5, 0.6) is 0 Å². The van der Waals surface area contributed by atoms with Crippen molar-refractivity contribution < 1.29 is 45.4 Å². The zero-order chi connectivity index (χ0) is 23.6. The van der Waals surface area contributed by atoms with Gasteiger partial charge < -0.3 is 19.8 Å². The number of esters is 2. The fourth-order valence-corrected chi connectivity index (χ4v) is 3.75. The number of ether oxygens (including phenoxy) is 2. The molecule has 1 aromatic carbocycles. The summed E-state index contributed by atoms with van der Waals surface area (Å²) in [5, 5.41) is 2.95. The highest BCUT2D eigenvalue weighted by Gasteiger charge is 2.55. The van der Waals surface area contributed by atoms with Crippen LogP contribution in [0.2, 0.25) is 0 Å². The Morgan fingerprint density at radius 3 is 2.31 bits per heavy atom. The number of thioether (sulfide) groups is 1. The molecule has 0 saturated carbocycles. The molecule has 0 radical (unpaired) electrons. The number of hydrogen-bond donors (Lipinski definition) is 2. The van der Waals surface area contributed by atoms with Gasteiger partial charge >= 0.3 is 30.2 Å². The van der Waals surface area contributed by atoms with E-state index >= 15 is 0 Å². The Morgan fingerprint density at radius 2 is 1.72 bits per heavy atom. The molecule has 0 unspecified atom stereocenters. The van der Waals surface area contributed by atoms with Crippen molar-refractivity contribution in [3.05, 3.63) is 24.3 Å². The van der Waals surface area contributed by atoms with Crippen molar-refractivity contribution in [1.29, 1.82) is 0 Å². The quantitative estimate of drug-likeness (QED) is 0.278. The second kappa shape index (κ2) is 9.15. The summed E-state index contributed by atoms with van der Waals surface area (Å²) >= 11 is 1.14. The van der Waals surface area contributed by atoms with Crippen molar-refractivity contribution in [3.8, 4) is 0 Å². The largest absolute Gasteiger partial charge is 0.491 e. The predicted octanol–water partition coefficient (Wildman–Crippen LogP) is 2.42. The highest BCUT2D eigenvalue weighted by molar-refractivity contribution is 7.99. The van der Waals surface area contributed by atoms with Crippen molar-refractivity contribution in [2.45, 2.75) is 23.4 Å². The molecule has 0 amide bonds. The van der Waals surface area contributed by atoms with Crippen LogP contribution in [0.25, 0.3) is 11.0 Å². The molecule has 1 aliphatic rings. The molecule has 0 spiro atoms. The molecule has 1 saturated heterocycles. The molecule has 0 aliphatic carbocycles. The molecule has 1 fully saturated rings. The summed E-state index contributed by atoms with van der Waals surface area (Å²) in [6.07, 6.45) is -11.0. The molecule has 32 heavy (non-hydrogen) atoms. The highest BCUT2D eigenvalue weighted by atomic mass is 32.2. The average molecular weight is 486 g/mol. The van der Waals surface area contributed by atoms with E-state index in [1.165, 1.54) is 0 Å². The Labute approximate surface area is 180 Å². The summed E-state index contributed by atoms with van der Waals surface area (Å²) in [6.45, 7) is -0.979. The molecule has 2 N–H and O–H groups in total. The number of benzene rings is 1. The monoisotopic (exact) mass is 486 g/mol. The summed E-state index contributed by atoms with van der Waals surface area (Å²) in [5.41, 5.74) is 1.41. The molecular formula is C17H16F6N4O4S. The van der Waals surface area contributed by atoms with Crippen LogP contribution in [0, 0.1) is 0 Å². The summed E-state index contributed by atoms with van der Waals surface area (Å²) in [6, 6.07) is 7.09. The number of piperazine rings is 1. The van der Waals surface area contributed by atoms with Crippen LogP contribution in [0.15, 0.2) is 29.4 Å². The SMILES string of the molecule is O=C(OC1(OC(=O)C(F)(F)F)CNCCN1CCSc1nc2ccccc2[nH]1)C(F)(F)F. The van der Waals surface area contributed by atoms with Crippen LogP contribution >= 0.6 is 11.8 Å². The normalized spacial score (nSPS) is 17.3. The number of rotatable bonds is 6. The number of imidazole rings is 1. The number of carbonyl (C=O) groups excluding carboxylic acids is 2. The number of hydrogen-bond acceptors (Lipinski definition) is 8. The van der Waals surface area contributed by atoms with E-state index in [1.807, 2.05) is 0 Å². The Morgan fingerprint density at radius 1 is 1.09 bits per heavy atom. The number of para-hydroxylation sites is 2. The lowest BCUT2D eigenvalue weighted by molar-refractivity contribution is -0.318. The maximum absolute atomic E-state index is 12.8. The van der Waals surface area contributed by atoms with Crippen LogP contribution in [-0.4, -0.2) is 77.0 Å². The minimum absolute atomic E-state index is 0.120. The zero-order valence-corrected chi connectivity index (χ0v) is 16.9. The van der Waals surface area contributed by atoms with Crippen LogP contribution in [-0.2, 0) is 19.1 Å². The lowest BCUT2D eigenvalue weighted by Gasteiger charge is -2.44. The van der Waals surface area contributed by atoms with Gasteiger partial charge in [0.05, 0.1) is 17.6 Å². The molecule has 1 aliphatic heterocycles. The van der Waals surface area contributed by atoms with Gasteiger partial charge in [-0.3, -0.25) is 0 Å². The van der Waals surface area contributed by atoms with Gasteiger partial charge in [0.25, 0.3) is 0 Å². The van der Waals surface area contributed by atoms with Gasteiger partial charge in [-0.25, -0.2) is 19.5 Å². The topological polar surface area (TPSA) is 96.5 Å². The van der Waals surface area contributed by atoms with E-state index in [2.05, 4.69) is 24.8 Å². The maximum Gasteiger partial charge on any atom is 0.491 e. The average Bonchev–Trinajstić information content (AvgIpc) is 3.10. The van der Waals surface area contributed by atoms with Crippen LogP contribution in [0.4, 0.5) is 26.3 Å². The van der Waals surface area contributed by atoms with Crippen molar-refractivity contribution >= 4 is 34.7 Å². The van der Waals surface area contributed by atoms with E-state index in [4.69, 9.17) is 0 Å². The molecule has 15 heteroatoms. The molecule has 8 nitrogen and oxygen atoms in total. The minimum Gasteiger partial charge on any atom is -0.400 e. The number of nitrogens with zero attached hydrogens (tertiary/aromatic N) is 2. The van der Waals surface area contributed by atoms with Crippen molar-refractivity contribution in [1.82, 2.24) is 20.2 Å². The maximum atomic E-state index is 12.8. The number of nitrogens with one attached hydrogen (secondary N) is 2. The van der Waals surface area contributed by atoms with E-state index in [0.717, 1.165) is 22.2 Å². The van der Waals surface area contributed by atoms with Crippen molar-refractivity contribution in [2.75, 3.05) is 31.9 Å². The number of aromatic amines is 1. The van der Waals surface area contributed by atoms with Crippen LogP contribution in [0.1, 0.15) is 0 Å². The van der Waals surface area contributed by atoms with Gasteiger partial charge in [-0.2, -0.15) is 26.3 Å². The molecule has 0 bridgehead atoms. The third kappa shape index (κ3) is 5.63. The third-order valence-electron chi connectivity index (χ3n) is 4.32. The lowest BCUT2D eigenvalue weighted by atomic mass is 10.3. The first-order valence-electron chi connectivity index (χ1n) is 9.04. The van der Waals surface area contributed by atoms with Crippen LogP contribution < -0.4 is 5.32 Å². The Hall–Kier alpha value is -2.52. The Bertz CT molecular complexity index is 919. The van der Waals surface area contributed by atoms with E-state index in [9.17, 15) is 35.9 Å². The minimum atomic E-state index is -5.51. The second-order valence-electron chi connectivity index (χ2n) is 6.56. The van der Waals surface area contributed by atoms with Gasteiger partial charge in [-0.05, 0) is 12.1 Å². The molecule has 1 aromatic heterocycles. The number of fused-ring (bicyclic) bond motifs is 1. The van der Waals surface area contributed by atoms with E-state index in [0.29, 0.717) is 10.7 Å². The fourth-order valence-electron chi connectivity index (χ4n) is 2.90. The van der Waals surface area contributed by atoms with E-state index in [-0.39, 0.29) is 25.4 Å². The molecule has 3 rings (SSSR count). The number of alkyl halides is 6. The Balaban J connectivity index is 1.77. The van der Waals surface area contributed by atoms with E-state index in [1.54, 1.807) is 24.3 Å². The fraction of sp³-hybridized carbons (Fsp3) is 0.471. The van der Waals surface area contributed by atoms with Crippen LogP contribution in [0.3, 0.4) is 0 Å². The molecular weight excluding hydrogens is 470 g/mol. The van der Waals surface area contributed by atoms with Gasteiger partial charge in [-0.15, -0.1) is 0 Å². The molecule has 0 atom stereocenters. The number of carbonyl (C=O) groups is 2. The summed E-state index contributed by atoms with van der Waals surface area (Å²) in [4.78, 5) is 31.1. The van der Waals surface area contributed by atoms with Gasteiger partial charge in [0, 0.05) is 25.4 Å². The summed E-state index contributed by atoms with van der Waals surface area (Å²) in [5.74, 6) is -8.38. The lowest BCUT2D eigenvalue weighted by Crippen LogP contribution is -2.67. The Kier molecular flexibility index (Phi) is 6.90.